The van der Waals surface area contributed by atoms with Crippen molar-refractivity contribution in [2.75, 3.05) is 36.1 Å². The van der Waals surface area contributed by atoms with Gasteiger partial charge in [0.1, 0.15) is 41.6 Å². The van der Waals surface area contributed by atoms with Gasteiger partial charge in [0.25, 0.3) is 5.91 Å². The summed E-state index contributed by atoms with van der Waals surface area (Å²) in [6.07, 6.45) is -2.16. The SMILES string of the molecule is C[C@@H](NC(=O)c1nc(-c2ncccc2OC[C@H]2COC(C)(C)O2)c2c(n1)N(C(N)=O)C1CCCN2C1)C(F)(F)F. The smallest absolute Gasteiger partial charge is 0.408 e. The van der Waals surface area contributed by atoms with E-state index in [1.165, 1.54) is 11.1 Å². The van der Waals surface area contributed by atoms with E-state index < -0.39 is 35.8 Å². The molecule has 0 radical (unpaired) electrons. The third kappa shape index (κ3) is 5.47. The van der Waals surface area contributed by atoms with Gasteiger partial charge in [-0.1, -0.05) is 0 Å². The van der Waals surface area contributed by atoms with Crippen LogP contribution in [0.25, 0.3) is 11.4 Å². The second-order valence-electron chi connectivity index (χ2n) is 10.4. The van der Waals surface area contributed by atoms with Crippen molar-refractivity contribution in [3.8, 4) is 17.1 Å². The van der Waals surface area contributed by atoms with Crippen LogP contribution in [0.4, 0.5) is 29.5 Å². The first-order valence-electron chi connectivity index (χ1n) is 12.9. The van der Waals surface area contributed by atoms with Crippen molar-refractivity contribution in [3.63, 3.8) is 0 Å². The van der Waals surface area contributed by atoms with Gasteiger partial charge in [0.2, 0.25) is 5.82 Å². The molecule has 40 heavy (non-hydrogen) atoms. The summed E-state index contributed by atoms with van der Waals surface area (Å²) < 4.78 is 57.1. The second-order valence-corrected chi connectivity index (χ2v) is 10.4. The van der Waals surface area contributed by atoms with Crippen LogP contribution in [-0.2, 0) is 9.47 Å². The number of hydrogen-bond acceptors (Lipinski definition) is 9. The highest BCUT2D eigenvalue weighted by Crippen LogP contribution is 2.44. The van der Waals surface area contributed by atoms with Crippen molar-refractivity contribution < 1.29 is 37.0 Å². The lowest BCUT2D eigenvalue weighted by Crippen LogP contribution is -2.57. The van der Waals surface area contributed by atoms with E-state index in [0.29, 0.717) is 31.8 Å². The summed E-state index contributed by atoms with van der Waals surface area (Å²) in [6.45, 7) is 5.87. The molecule has 2 aromatic rings. The van der Waals surface area contributed by atoms with Gasteiger partial charge in [-0.25, -0.2) is 14.8 Å². The molecule has 3 aliphatic heterocycles. The molecule has 3 N–H and O–H groups in total. The summed E-state index contributed by atoms with van der Waals surface area (Å²) in [7, 11) is 0. The minimum absolute atomic E-state index is 0.0316. The van der Waals surface area contributed by atoms with Gasteiger partial charge in [0.15, 0.2) is 11.6 Å². The Morgan fingerprint density at radius 3 is 2.75 bits per heavy atom. The number of amides is 3. The van der Waals surface area contributed by atoms with Crippen molar-refractivity contribution in [3.05, 3.63) is 24.2 Å². The maximum absolute atomic E-state index is 13.2. The van der Waals surface area contributed by atoms with Gasteiger partial charge in [-0.05, 0) is 45.7 Å². The summed E-state index contributed by atoms with van der Waals surface area (Å²) in [6, 6.07) is 0.00911. The predicted molar refractivity (Wildman–Crippen MR) is 136 cm³/mol. The van der Waals surface area contributed by atoms with Gasteiger partial charge in [0.05, 0.1) is 12.6 Å². The molecule has 5 heterocycles. The van der Waals surface area contributed by atoms with Crippen LogP contribution in [0.2, 0.25) is 0 Å². The molecular weight excluding hydrogens is 535 g/mol. The monoisotopic (exact) mass is 565 g/mol. The molecule has 2 bridgehead atoms. The number of carbonyl (C=O) groups is 2. The molecule has 3 amide bonds. The van der Waals surface area contributed by atoms with E-state index in [9.17, 15) is 22.8 Å². The van der Waals surface area contributed by atoms with Crippen LogP contribution >= 0.6 is 0 Å². The quantitative estimate of drug-likeness (QED) is 0.540. The number of fused-ring (bicyclic) bond motifs is 4. The summed E-state index contributed by atoms with van der Waals surface area (Å²) in [5, 5.41) is 1.88. The number of carbonyl (C=O) groups excluding carboxylic acids is 2. The second kappa shape index (κ2) is 10.4. The number of pyridine rings is 1. The number of rotatable bonds is 6. The van der Waals surface area contributed by atoms with E-state index in [0.717, 1.165) is 13.3 Å². The fourth-order valence-electron chi connectivity index (χ4n) is 5.05. The van der Waals surface area contributed by atoms with Crippen LogP contribution in [0, 0.1) is 0 Å². The first kappa shape index (κ1) is 27.8. The van der Waals surface area contributed by atoms with Crippen molar-refractivity contribution in [2.45, 2.75) is 63.8 Å². The van der Waals surface area contributed by atoms with Gasteiger partial charge in [0, 0.05) is 19.3 Å². The van der Waals surface area contributed by atoms with Gasteiger partial charge in [-0.2, -0.15) is 13.2 Å². The number of urea groups is 1. The number of nitrogens with two attached hydrogens (primary N) is 1. The molecule has 3 aliphatic rings. The Labute approximate surface area is 228 Å². The molecule has 2 saturated heterocycles. The van der Waals surface area contributed by atoms with Crippen molar-refractivity contribution >= 4 is 23.4 Å². The fraction of sp³-hybridized carbons (Fsp3) is 0.560. The Kier molecular flexibility index (Phi) is 7.20. The summed E-state index contributed by atoms with van der Waals surface area (Å²) >= 11 is 0. The van der Waals surface area contributed by atoms with Crippen LogP contribution in [0.15, 0.2) is 18.3 Å². The normalized spacial score (nSPS) is 22.4. The molecule has 2 fully saturated rings. The van der Waals surface area contributed by atoms with Crippen LogP contribution in [0.3, 0.4) is 0 Å². The number of anilines is 2. The Morgan fingerprint density at radius 2 is 2.08 bits per heavy atom. The summed E-state index contributed by atoms with van der Waals surface area (Å²) in [5.74, 6) is -2.17. The lowest BCUT2D eigenvalue weighted by atomic mass is 9.98. The number of primary amides is 1. The molecule has 0 spiro atoms. The Bertz CT molecular complexity index is 1310. The lowest BCUT2D eigenvalue weighted by molar-refractivity contribution is -0.149. The van der Waals surface area contributed by atoms with Crippen molar-refractivity contribution in [1.82, 2.24) is 20.3 Å². The minimum atomic E-state index is -4.68. The van der Waals surface area contributed by atoms with E-state index in [2.05, 4.69) is 15.0 Å². The van der Waals surface area contributed by atoms with Gasteiger partial charge in [-0.3, -0.25) is 14.7 Å². The Balaban J connectivity index is 1.59. The highest BCUT2D eigenvalue weighted by Gasteiger charge is 2.42. The van der Waals surface area contributed by atoms with E-state index in [-0.39, 0.29) is 41.7 Å². The topological polar surface area (TPSA) is 145 Å². The van der Waals surface area contributed by atoms with Crippen molar-refractivity contribution in [1.29, 1.82) is 0 Å². The van der Waals surface area contributed by atoms with Gasteiger partial charge < -0.3 is 30.2 Å². The highest BCUT2D eigenvalue weighted by molar-refractivity contribution is 6.01. The van der Waals surface area contributed by atoms with E-state index in [1.54, 1.807) is 26.0 Å². The zero-order chi connectivity index (χ0) is 28.8. The predicted octanol–water partition coefficient (Wildman–Crippen LogP) is 2.62. The molecule has 3 atom stereocenters. The number of piperidine rings is 1. The maximum Gasteiger partial charge on any atom is 0.408 e. The molecule has 216 valence electrons. The largest absolute Gasteiger partial charge is 0.488 e. The van der Waals surface area contributed by atoms with E-state index in [1.807, 2.05) is 10.2 Å². The van der Waals surface area contributed by atoms with Crippen LogP contribution in [-0.4, -0.2) is 83.3 Å². The number of nitrogens with one attached hydrogen (secondary N) is 1. The van der Waals surface area contributed by atoms with E-state index >= 15 is 0 Å². The van der Waals surface area contributed by atoms with Gasteiger partial charge in [-0.15, -0.1) is 0 Å². The molecule has 5 rings (SSSR count). The highest BCUT2D eigenvalue weighted by atomic mass is 19.4. The Morgan fingerprint density at radius 1 is 1.30 bits per heavy atom. The minimum Gasteiger partial charge on any atom is -0.488 e. The Hall–Kier alpha value is -3.72. The van der Waals surface area contributed by atoms with E-state index in [4.69, 9.17) is 19.9 Å². The number of alkyl halides is 3. The number of ether oxygens (including phenoxy) is 3. The summed E-state index contributed by atoms with van der Waals surface area (Å²) in [5.41, 5.74) is 6.46. The average Bonchev–Trinajstić information content (AvgIpc) is 3.24. The standard InChI is InChI=1S/C25H30F3N7O5/c1-13(25(26,27)28)31-22(36)20-32-18(19-21(33-20)35(23(29)37)14-6-5-9-34(19)10-14)17-16(7-4-8-30-17)38-11-15-12-39-24(2,3)40-15/h4,7-8,13-15H,5-6,9-12H2,1-3H3,(H2,29,37)(H,31,36)/t13-,14?,15+/m1/s1. The fourth-order valence-corrected chi connectivity index (χ4v) is 5.05. The number of halogens is 3. The molecular formula is C25H30F3N7O5. The average molecular weight is 566 g/mol. The molecule has 1 unspecified atom stereocenters. The van der Waals surface area contributed by atoms with Crippen molar-refractivity contribution in [2.24, 2.45) is 5.73 Å². The number of nitrogens with zero attached hydrogens (tertiary/aromatic N) is 5. The number of hydrogen-bond donors (Lipinski definition) is 2. The first-order chi connectivity index (χ1) is 18.8. The van der Waals surface area contributed by atoms with Crippen LogP contribution in [0.1, 0.15) is 44.2 Å². The molecule has 15 heteroatoms. The third-order valence-electron chi connectivity index (χ3n) is 6.94. The molecule has 12 nitrogen and oxygen atoms in total. The molecule has 0 aliphatic carbocycles. The zero-order valence-corrected chi connectivity index (χ0v) is 22.2. The molecule has 0 saturated carbocycles. The lowest BCUT2D eigenvalue weighted by Gasteiger charge is -2.45. The zero-order valence-electron chi connectivity index (χ0n) is 22.2. The van der Waals surface area contributed by atoms with Crippen LogP contribution in [0.5, 0.6) is 5.75 Å². The van der Waals surface area contributed by atoms with Gasteiger partial charge >= 0.3 is 12.2 Å². The first-order valence-corrected chi connectivity index (χ1v) is 12.9. The molecule has 2 aromatic heterocycles. The summed E-state index contributed by atoms with van der Waals surface area (Å²) in [4.78, 5) is 41.9. The number of aromatic nitrogens is 3. The van der Waals surface area contributed by atoms with Crippen LogP contribution < -0.4 is 25.6 Å². The molecule has 0 aromatic carbocycles. The third-order valence-corrected chi connectivity index (χ3v) is 6.94. The maximum atomic E-state index is 13.2.